The van der Waals surface area contributed by atoms with Crippen LogP contribution >= 0.6 is 0 Å². The van der Waals surface area contributed by atoms with E-state index in [4.69, 9.17) is 4.74 Å². The highest BCUT2D eigenvalue weighted by Crippen LogP contribution is 2.39. The maximum Gasteiger partial charge on any atom is 0.126 e. The van der Waals surface area contributed by atoms with E-state index in [2.05, 4.69) is 64.0 Å². The lowest BCUT2D eigenvalue weighted by molar-refractivity contribution is 0.324. The third kappa shape index (κ3) is 4.16. The van der Waals surface area contributed by atoms with Gasteiger partial charge >= 0.3 is 0 Å². The molecular weight excluding hydrogens is 298 g/mol. The van der Waals surface area contributed by atoms with Crippen molar-refractivity contribution in [2.24, 2.45) is 0 Å². The molecule has 2 aromatic rings. The minimum absolute atomic E-state index is 0.0519. The Morgan fingerprint density at radius 3 is 2.46 bits per heavy atom. The van der Waals surface area contributed by atoms with Crippen molar-refractivity contribution in [1.29, 1.82) is 0 Å². The molecule has 1 heterocycles. The SMILES string of the molecule is CCOc1c(C(C)Cc2cn(CC)nn2)cc(C)cc1C(C)(C)C. The molecular formula is C20H31N3O. The number of ether oxygens (including phenoxy) is 1. The summed E-state index contributed by atoms with van der Waals surface area (Å²) in [4.78, 5) is 0. The average molecular weight is 329 g/mol. The third-order valence-electron chi connectivity index (χ3n) is 4.32. The molecule has 0 saturated heterocycles. The Hall–Kier alpha value is -1.84. The number of rotatable bonds is 6. The molecule has 0 aliphatic heterocycles. The number of benzene rings is 1. The standard InChI is InChI=1S/C20H31N3O/c1-8-23-13-16(21-22-23)12-15(4)17-10-14(3)11-18(20(5,6)7)19(17)24-9-2/h10-11,13,15H,8-9,12H2,1-7H3. The van der Waals surface area contributed by atoms with Crippen molar-refractivity contribution < 1.29 is 4.74 Å². The summed E-state index contributed by atoms with van der Waals surface area (Å²) in [6, 6.07) is 4.52. The Morgan fingerprint density at radius 2 is 1.92 bits per heavy atom. The average Bonchev–Trinajstić information content (AvgIpc) is 2.95. The Morgan fingerprint density at radius 1 is 1.21 bits per heavy atom. The molecule has 4 heteroatoms. The lowest BCUT2D eigenvalue weighted by atomic mass is 9.81. The zero-order valence-electron chi connectivity index (χ0n) is 16.2. The number of hydrogen-bond acceptors (Lipinski definition) is 3. The first-order valence-electron chi connectivity index (χ1n) is 8.93. The maximum atomic E-state index is 6.09. The second-order valence-electron chi connectivity index (χ2n) is 7.58. The fourth-order valence-corrected chi connectivity index (χ4v) is 3.04. The topological polar surface area (TPSA) is 39.9 Å². The molecule has 0 aliphatic carbocycles. The van der Waals surface area contributed by atoms with Crippen LogP contribution in [0.3, 0.4) is 0 Å². The summed E-state index contributed by atoms with van der Waals surface area (Å²) in [5.41, 5.74) is 4.92. The minimum Gasteiger partial charge on any atom is -0.493 e. The predicted octanol–water partition coefficient (Wildman–Crippen LogP) is 4.65. The van der Waals surface area contributed by atoms with Crippen molar-refractivity contribution >= 4 is 0 Å². The smallest absolute Gasteiger partial charge is 0.126 e. The molecule has 0 N–H and O–H groups in total. The first kappa shape index (κ1) is 18.5. The summed E-state index contributed by atoms with van der Waals surface area (Å²) in [6.45, 7) is 16.8. The van der Waals surface area contributed by atoms with Crippen LogP contribution in [-0.2, 0) is 18.4 Å². The van der Waals surface area contributed by atoms with Crippen LogP contribution in [0.15, 0.2) is 18.3 Å². The van der Waals surface area contributed by atoms with Gasteiger partial charge in [0.25, 0.3) is 0 Å². The summed E-state index contributed by atoms with van der Waals surface area (Å²) in [5, 5.41) is 8.44. The molecule has 0 bridgehead atoms. The Labute approximate surface area is 146 Å². The van der Waals surface area contributed by atoms with E-state index in [1.54, 1.807) is 0 Å². The number of aryl methyl sites for hydroxylation is 2. The van der Waals surface area contributed by atoms with E-state index < -0.39 is 0 Å². The molecule has 0 radical (unpaired) electrons. The van der Waals surface area contributed by atoms with Gasteiger partial charge in [-0.3, -0.25) is 4.68 Å². The summed E-state index contributed by atoms with van der Waals surface area (Å²) in [7, 11) is 0. The van der Waals surface area contributed by atoms with Gasteiger partial charge in [0.05, 0.1) is 12.3 Å². The fourth-order valence-electron chi connectivity index (χ4n) is 3.04. The van der Waals surface area contributed by atoms with Gasteiger partial charge in [0, 0.05) is 18.3 Å². The number of aromatic nitrogens is 3. The van der Waals surface area contributed by atoms with Gasteiger partial charge in [-0.05, 0) is 44.1 Å². The molecule has 0 spiro atoms. The lowest BCUT2D eigenvalue weighted by Crippen LogP contribution is -2.16. The molecule has 1 atom stereocenters. The van der Waals surface area contributed by atoms with E-state index in [0.717, 1.165) is 24.4 Å². The minimum atomic E-state index is 0.0519. The highest BCUT2D eigenvalue weighted by Gasteiger charge is 2.24. The van der Waals surface area contributed by atoms with Gasteiger partial charge in [0.1, 0.15) is 5.75 Å². The highest BCUT2D eigenvalue weighted by molar-refractivity contribution is 5.49. The van der Waals surface area contributed by atoms with Crippen LogP contribution in [0.5, 0.6) is 5.75 Å². The first-order valence-corrected chi connectivity index (χ1v) is 8.93. The maximum absolute atomic E-state index is 6.09. The first-order chi connectivity index (χ1) is 11.3. The van der Waals surface area contributed by atoms with Crippen LogP contribution in [0.2, 0.25) is 0 Å². The van der Waals surface area contributed by atoms with Gasteiger partial charge in [-0.2, -0.15) is 0 Å². The second kappa shape index (κ2) is 7.37. The van der Waals surface area contributed by atoms with E-state index in [-0.39, 0.29) is 5.41 Å². The molecule has 0 amide bonds. The number of hydrogen-bond donors (Lipinski definition) is 0. The van der Waals surface area contributed by atoms with E-state index >= 15 is 0 Å². The van der Waals surface area contributed by atoms with Gasteiger partial charge in [0.2, 0.25) is 0 Å². The third-order valence-corrected chi connectivity index (χ3v) is 4.32. The van der Waals surface area contributed by atoms with Crippen molar-refractivity contribution in [3.8, 4) is 5.75 Å². The summed E-state index contributed by atoms with van der Waals surface area (Å²) < 4.78 is 7.97. The second-order valence-corrected chi connectivity index (χ2v) is 7.58. The highest BCUT2D eigenvalue weighted by atomic mass is 16.5. The molecule has 24 heavy (non-hydrogen) atoms. The molecule has 0 aliphatic rings. The monoisotopic (exact) mass is 329 g/mol. The van der Waals surface area contributed by atoms with E-state index in [9.17, 15) is 0 Å². The summed E-state index contributed by atoms with van der Waals surface area (Å²) in [6.07, 6.45) is 2.91. The van der Waals surface area contributed by atoms with Crippen molar-refractivity contribution in [2.45, 2.75) is 72.8 Å². The quantitative estimate of drug-likeness (QED) is 0.774. The van der Waals surface area contributed by atoms with E-state index in [0.29, 0.717) is 12.5 Å². The summed E-state index contributed by atoms with van der Waals surface area (Å²) >= 11 is 0. The molecule has 1 aromatic carbocycles. The van der Waals surface area contributed by atoms with Crippen molar-refractivity contribution in [3.63, 3.8) is 0 Å². The van der Waals surface area contributed by atoms with Gasteiger partial charge in [-0.15, -0.1) is 5.10 Å². The van der Waals surface area contributed by atoms with Gasteiger partial charge in [-0.25, -0.2) is 0 Å². The van der Waals surface area contributed by atoms with Crippen molar-refractivity contribution in [1.82, 2.24) is 15.0 Å². The van der Waals surface area contributed by atoms with Gasteiger partial charge in [0.15, 0.2) is 0 Å². The van der Waals surface area contributed by atoms with Gasteiger partial charge in [-0.1, -0.05) is 50.6 Å². The van der Waals surface area contributed by atoms with Crippen molar-refractivity contribution in [3.05, 3.63) is 40.7 Å². The lowest BCUT2D eigenvalue weighted by Gasteiger charge is -2.27. The Bertz CT molecular complexity index is 683. The molecule has 4 nitrogen and oxygen atoms in total. The predicted molar refractivity (Wildman–Crippen MR) is 98.9 cm³/mol. The fraction of sp³-hybridized carbons (Fsp3) is 0.600. The Balaban J connectivity index is 2.41. The zero-order chi connectivity index (χ0) is 17.9. The summed E-state index contributed by atoms with van der Waals surface area (Å²) in [5.74, 6) is 1.38. The molecule has 1 aromatic heterocycles. The molecule has 1 unspecified atom stereocenters. The van der Waals surface area contributed by atoms with Crippen LogP contribution in [0, 0.1) is 6.92 Å². The number of nitrogens with zero attached hydrogens (tertiary/aromatic N) is 3. The molecule has 0 fully saturated rings. The Kier molecular flexibility index (Phi) is 5.68. The normalized spacial score (nSPS) is 13.1. The van der Waals surface area contributed by atoms with Crippen LogP contribution in [0.1, 0.15) is 69.8 Å². The molecule has 0 saturated carbocycles. The van der Waals surface area contributed by atoms with E-state index in [1.807, 2.05) is 17.8 Å². The van der Waals surface area contributed by atoms with Crippen LogP contribution in [0.25, 0.3) is 0 Å². The molecule has 132 valence electrons. The zero-order valence-corrected chi connectivity index (χ0v) is 16.2. The van der Waals surface area contributed by atoms with E-state index in [1.165, 1.54) is 16.7 Å². The van der Waals surface area contributed by atoms with Crippen LogP contribution in [0.4, 0.5) is 0 Å². The van der Waals surface area contributed by atoms with Crippen LogP contribution < -0.4 is 4.74 Å². The van der Waals surface area contributed by atoms with Gasteiger partial charge < -0.3 is 4.74 Å². The largest absolute Gasteiger partial charge is 0.493 e. The van der Waals surface area contributed by atoms with Crippen molar-refractivity contribution in [2.75, 3.05) is 6.61 Å². The molecule has 2 rings (SSSR count). The van der Waals surface area contributed by atoms with Crippen LogP contribution in [-0.4, -0.2) is 21.6 Å².